The first-order valence-corrected chi connectivity index (χ1v) is 10.5. The molecular weight excluding hydrogens is 612 g/mol. The molecule has 0 spiro atoms. The molecule has 4 heteroatoms. The first-order valence-electron chi connectivity index (χ1n) is 14.0. The van der Waals surface area contributed by atoms with Crippen molar-refractivity contribution in [2.45, 2.75) is 19.6 Å². The summed E-state index contributed by atoms with van der Waals surface area (Å²) in [6.45, 7) is -6.52. The van der Waals surface area contributed by atoms with E-state index in [0.717, 1.165) is 29.0 Å². The maximum atomic E-state index is 14.5. The van der Waals surface area contributed by atoms with Gasteiger partial charge in [0.2, 0.25) is 0 Å². The van der Waals surface area contributed by atoms with Crippen LogP contribution in [0.2, 0.25) is 0 Å². The fourth-order valence-electron chi connectivity index (χ4n) is 3.25. The minimum absolute atomic E-state index is 0. The van der Waals surface area contributed by atoms with Gasteiger partial charge >= 0.3 is 0 Å². The molecule has 0 bridgehead atoms. The van der Waals surface area contributed by atoms with Gasteiger partial charge in [0.25, 0.3) is 0 Å². The Balaban J connectivity index is 0.000000310. The number of rotatable bonds is 4. The maximum absolute atomic E-state index is 14.5. The van der Waals surface area contributed by atoms with Crippen LogP contribution in [0.3, 0.4) is 0 Å². The minimum Gasteiger partial charge on any atom is -0.305 e. The van der Waals surface area contributed by atoms with Gasteiger partial charge in [0.15, 0.2) is 0 Å². The second kappa shape index (κ2) is 12.8. The van der Waals surface area contributed by atoms with Crippen LogP contribution in [0.5, 0.6) is 0 Å². The molecule has 5 rings (SSSR count). The van der Waals surface area contributed by atoms with Crippen molar-refractivity contribution in [2.24, 2.45) is 0 Å². The molecule has 0 aliphatic carbocycles. The third-order valence-electron chi connectivity index (χ3n) is 4.97. The van der Waals surface area contributed by atoms with Crippen LogP contribution in [0.25, 0.3) is 33.6 Å². The fourth-order valence-corrected chi connectivity index (χ4v) is 3.25. The number of aromatic nitrogens is 2. The van der Waals surface area contributed by atoms with Crippen LogP contribution in [-0.4, -0.2) is 9.97 Å². The summed E-state index contributed by atoms with van der Waals surface area (Å²) in [7, 11) is 0. The molecule has 0 saturated carbocycles. The van der Waals surface area contributed by atoms with Crippen molar-refractivity contribution >= 4 is 0 Å². The van der Waals surface area contributed by atoms with Gasteiger partial charge in [0.1, 0.15) is 5.82 Å². The predicted octanol–water partition coefficient (Wildman–Crippen LogP) is 8.02. The SMILES string of the molecule is [2H]C([2H])([2H])C([2H])(c1cc(-c2ccc(-c3[c-]cccc3)nc2)ccc1F)C([2H])([2H])[2H].[Ir].[c-]1ccccc1-c1ccccn1. The monoisotopic (exact) mass is 644 g/mol. The summed E-state index contributed by atoms with van der Waals surface area (Å²) in [6, 6.07) is 34.1. The number of halogens is 1. The summed E-state index contributed by atoms with van der Waals surface area (Å²) in [4.78, 5) is 8.56. The molecule has 177 valence electrons. The zero-order chi connectivity index (χ0) is 29.7. The summed E-state index contributed by atoms with van der Waals surface area (Å²) in [5, 5.41) is 0. The van der Waals surface area contributed by atoms with E-state index in [9.17, 15) is 4.39 Å². The molecule has 2 heterocycles. The van der Waals surface area contributed by atoms with Crippen molar-refractivity contribution < 1.29 is 34.1 Å². The second-order valence-electron chi connectivity index (χ2n) is 7.27. The summed E-state index contributed by atoms with van der Waals surface area (Å²) >= 11 is 0. The molecule has 0 N–H and O–H groups in total. The zero-order valence-corrected chi connectivity index (χ0v) is 20.9. The molecule has 0 atom stereocenters. The van der Waals surface area contributed by atoms with Gasteiger partial charge in [-0.1, -0.05) is 44.0 Å². The number of pyridine rings is 2. The van der Waals surface area contributed by atoms with E-state index in [-0.39, 0.29) is 20.1 Å². The summed E-state index contributed by atoms with van der Waals surface area (Å²) in [5.74, 6) is -4.16. The molecule has 0 aliphatic heterocycles. The topological polar surface area (TPSA) is 25.8 Å². The maximum Gasteiger partial charge on any atom is 0.126 e. The van der Waals surface area contributed by atoms with Crippen molar-refractivity contribution in [1.82, 2.24) is 9.97 Å². The summed E-state index contributed by atoms with van der Waals surface area (Å²) in [5.41, 5.74) is 3.66. The zero-order valence-electron chi connectivity index (χ0n) is 25.5. The molecule has 5 aromatic rings. The molecule has 0 saturated heterocycles. The Hall–Kier alpha value is -3.46. The molecular formula is C31H25FIrN2-2. The number of benzene rings is 3. The second-order valence-corrected chi connectivity index (χ2v) is 7.27. The van der Waals surface area contributed by atoms with Crippen LogP contribution >= 0.6 is 0 Å². The normalized spacial score (nSPS) is 14.1. The van der Waals surface area contributed by atoms with Gasteiger partial charge in [-0.25, -0.2) is 4.39 Å². The molecule has 0 fully saturated rings. The molecule has 2 aromatic heterocycles. The summed E-state index contributed by atoms with van der Waals surface area (Å²) in [6.07, 6.45) is 3.31. The van der Waals surface area contributed by atoms with Gasteiger partial charge in [0.05, 0.1) is 0 Å². The first-order chi connectivity index (χ1) is 19.4. The van der Waals surface area contributed by atoms with Crippen molar-refractivity contribution in [3.05, 3.63) is 133 Å². The molecule has 35 heavy (non-hydrogen) atoms. The standard InChI is InChI=1S/C20H17FN.C11H8N.Ir/c1-14(2)18-12-16(8-10-19(18)21)17-9-11-20(22-13-17)15-6-4-3-5-7-15;1-2-6-10(7-3-1)11-8-4-5-9-12-11;/h3-6,8-14H,1-2H3;1-6,8-9H;/q2*-1;/i1D3,2D3,14D;;. The van der Waals surface area contributed by atoms with E-state index in [4.69, 9.17) is 9.60 Å². The quantitative estimate of drug-likeness (QED) is 0.186. The van der Waals surface area contributed by atoms with Gasteiger partial charge in [-0.05, 0) is 52.2 Å². The minimum atomic E-state index is -3.26. The Kier molecular flexibility index (Phi) is 6.57. The smallest absolute Gasteiger partial charge is 0.126 e. The first kappa shape index (κ1) is 17.9. The Bertz CT molecular complexity index is 1510. The van der Waals surface area contributed by atoms with Crippen LogP contribution in [-0.2, 0) is 20.1 Å². The third-order valence-corrected chi connectivity index (χ3v) is 4.97. The number of hydrogen-bond acceptors (Lipinski definition) is 2. The van der Waals surface area contributed by atoms with Crippen LogP contribution in [0.1, 0.15) is 34.8 Å². The van der Waals surface area contributed by atoms with Crippen LogP contribution in [0.4, 0.5) is 4.39 Å². The fraction of sp³-hybridized carbons (Fsp3) is 0.0968. The van der Waals surface area contributed by atoms with Gasteiger partial charge in [0, 0.05) is 42.1 Å². The van der Waals surface area contributed by atoms with Gasteiger partial charge < -0.3 is 9.97 Å². The van der Waals surface area contributed by atoms with Crippen molar-refractivity contribution in [1.29, 1.82) is 0 Å². The van der Waals surface area contributed by atoms with E-state index >= 15 is 0 Å². The Morgan fingerprint density at radius 1 is 0.771 bits per heavy atom. The third kappa shape index (κ3) is 7.02. The average Bonchev–Trinajstić information content (AvgIpc) is 2.98. The van der Waals surface area contributed by atoms with E-state index < -0.39 is 31.0 Å². The molecule has 0 unspecified atom stereocenters. The molecule has 0 aliphatic rings. The predicted molar refractivity (Wildman–Crippen MR) is 137 cm³/mol. The van der Waals surface area contributed by atoms with E-state index in [1.807, 2.05) is 60.7 Å². The summed E-state index contributed by atoms with van der Waals surface area (Å²) < 4.78 is 68.2. The van der Waals surface area contributed by atoms with Gasteiger partial charge in [-0.2, -0.15) is 0 Å². The Morgan fingerprint density at radius 2 is 1.43 bits per heavy atom. The van der Waals surface area contributed by atoms with Crippen LogP contribution < -0.4 is 0 Å². The number of hydrogen-bond donors (Lipinski definition) is 0. The van der Waals surface area contributed by atoms with Gasteiger partial charge in [-0.3, -0.25) is 0 Å². The van der Waals surface area contributed by atoms with Crippen molar-refractivity contribution in [3.8, 4) is 33.6 Å². The Labute approximate surface area is 230 Å². The largest absolute Gasteiger partial charge is 0.305 e. The van der Waals surface area contributed by atoms with Crippen LogP contribution in [0, 0.1) is 17.9 Å². The average molecular weight is 644 g/mol. The van der Waals surface area contributed by atoms with E-state index in [2.05, 4.69) is 22.1 Å². The number of nitrogens with zero attached hydrogens (tertiary/aromatic N) is 2. The van der Waals surface area contributed by atoms with Crippen LogP contribution in [0.15, 0.2) is 109 Å². The van der Waals surface area contributed by atoms with E-state index in [1.54, 1.807) is 24.4 Å². The molecule has 2 nitrogen and oxygen atoms in total. The van der Waals surface area contributed by atoms with Gasteiger partial charge in [-0.15, -0.1) is 71.8 Å². The molecule has 0 amide bonds. The van der Waals surface area contributed by atoms with E-state index in [0.29, 0.717) is 16.8 Å². The Morgan fingerprint density at radius 3 is 1.97 bits per heavy atom. The molecule has 1 radical (unpaired) electrons. The van der Waals surface area contributed by atoms with Crippen molar-refractivity contribution in [2.75, 3.05) is 0 Å². The molecule has 3 aromatic carbocycles. The van der Waals surface area contributed by atoms with Crippen molar-refractivity contribution in [3.63, 3.8) is 0 Å². The van der Waals surface area contributed by atoms with E-state index in [1.165, 1.54) is 12.3 Å².